The zero-order valence-corrected chi connectivity index (χ0v) is 14.5. The number of carboxylic acids is 1. The monoisotopic (exact) mass is 354 g/mol. The molecule has 0 aliphatic rings. The molecule has 0 spiro atoms. The zero-order chi connectivity index (χ0) is 15.5. The molecule has 0 radical (unpaired) electrons. The summed E-state index contributed by atoms with van der Waals surface area (Å²) < 4.78 is 0. The Balaban J connectivity index is 2.16. The summed E-state index contributed by atoms with van der Waals surface area (Å²) in [7, 11) is 0. The Bertz CT molecular complexity index is 389. The summed E-state index contributed by atoms with van der Waals surface area (Å²) in [6.45, 7) is 2.19. The third-order valence-corrected chi connectivity index (χ3v) is 4.30. The van der Waals surface area contributed by atoms with Crippen LogP contribution in [0.4, 0.5) is 0 Å². The van der Waals surface area contributed by atoms with Crippen LogP contribution < -0.4 is 0 Å². The Morgan fingerprint density at radius 3 is 2.05 bits per heavy atom. The van der Waals surface area contributed by atoms with Crippen LogP contribution in [-0.4, -0.2) is 15.9 Å². The second-order valence-electron chi connectivity index (χ2n) is 5.78. The molecule has 0 aromatic heterocycles. The van der Waals surface area contributed by atoms with E-state index in [4.69, 9.17) is 0 Å². The molecule has 0 heterocycles. The van der Waals surface area contributed by atoms with Gasteiger partial charge in [-0.15, -0.1) is 0 Å². The quantitative estimate of drug-likeness (QED) is 0.405. The minimum Gasteiger partial charge on any atom is -0.481 e. The van der Waals surface area contributed by atoms with Gasteiger partial charge in [0.1, 0.15) is 0 Å². The standard InChI is InChI=1S/C18H27BrO2/c1-15(19)11-7-4-2-3-5-10-14-17(18(20)21)16-12-8-6-9-13-16/h6,8-9,12-13,15,17H,2-5,7,10-11,14H2,1H3,(H,20,21). The molecule has 0 saturated heterocycles. The van der Waals surface area contributed by atoms with Gasteiger partial charge in [-0.2, -0.15) is 0 Å². The van der Waals surface area contributed by atoms with Crippen LogP contribution in [-0.2, 0) is 4.79 Å². The van der Waals surface area contributed by atoms with Crippen molar-refractivity contribution >= 4 is 21.9 Å². The molecule has 1 aromatic rings. The van der Waals surface area contributed by atoms with Gasteiger partial charge in [0.05, 0.1) is 5.92 Å². The number of aliphatic carboxylic acids is 1. The minimum atomic E-state index is -0.701. The van der Waals surface area contributed by atoms with Crippen molar-refractivity contribution in [2.75, 3.05) is 0 Å². The number of alkyl halides is 1. The highest BCUT2D eigenvalue weighted by molar-refractivity contribution is 9.09. The number of hydrogen-bond acceptors (Lipinski definition) is 1. The maximum atomic E-state index is 11.4. The van der Waals surface area contributed by atoms with E-state index in [9.17, 15) is 9.90 Å². The van der Waals surface area contributed by atoms with Crippen LogP contribution in [0, 0.1) is 0 Å². The first-order valence-corrected chi connectivity index (χ1v) is 8.94. The van der Waals surface area contributed by atoms with Crippen molar-refractivity contribution in [1.82, 2.24) is 0 Å². The maximum absolute atomic E-state index is 11.4. The molecule has 0 fully saturated rings. The van der Waals surface area contributed by atoms with E-state index >= 15 is 0 Å². The summed E-state index contributed by atoms with van der Waals surface area (Å²) in [5.74, 6) is -1.05. The molecule has 2 nitrogen and oxygen atoms in total. The second kappa shape index (κ2) is 10.8. The maximum Gasteiger partial charge on any atom is 0.310 e. The van der Waals surface area contributed by atoms with E-state index < -0.39 is 5.97 Å². The van der Waals surface area contributed by atoms with Gasteiger partial charge in [-0.1, -0.05) is 91.7 Å². The predicted octanol–water partition coefficient (Wildman–Crippen LogP) is 5.76. The number of unbranched alkanes of at least 4 members (excludes halogenated alkanes) is 5. The van der Waals surface area contributed by atoms with Crippen LogP contribution in [0.1, 0.15) is 69.8 Å². The van der Waals surface area contributed by atoms with E-state index in [2.05, 4.69) is 22.9 Å². The Morgan fingerprint density at radius 2 is 1.52 bits per heavy atom. The zero-order valence-electron chi connectivity index (χ0n) is 12.9. The highest BCUT2D eigenvalue weighted by atomic mass is 79.9. The van der Waals surface area contributed by atoms with Crippen LogP contribution >= 0.6 is 15.9 Å². The highest BCUT2D eigenvalue weighted by Gasteiger charge is 2.18. The van der Waals surface area contributed by atoms with Crippen molar-refractivity contribution < 1.29 is 9.90 Å². The summed E-state index contributed by atoms with van der Waals surface area (Å²) in [6, 6.07) is 9.59. The van der Waals surface area contributed by atoms with Crippen molar-refractivity contribution in [2.45, 2.75) is 69.0 Å². The van der Waals surface area contributed by atoms with Crippen LogP contribution in [0.3, 0.4) is 0 Å². The number of halogens is 1. The first kappa shape index (κ1) is 18.2. The van der Waals surface area contributed by atoms with E-state index in [1.165, 1.54) is 32.1 Å². The second-order valence-corrected chi connectivity index (χ2v) is 7.34. The number of carboxylic acid groups (broad SMARTS) is 1. The molecule has 1 aromatic carbocycles. The lowest BCUT2D eigenvalue weighted by molar-refractivity contribution is -0.139. The Hall–Kier alpha value is -0.830. The smallest absolute Gasteiger partial charge is 0.310 e. The fraction of sp³-hybridized carbons (Fsp3) is 0.611. The van der Waals surface area contributed by atoms with Crippen molar-refractivity contribution in [1.29, 1.82) is 0 Å². The summed E-state index contributed by atoms with van der Waals surface area (Å²) in [5, 5.41) is 9.35. The third kappa shape index (κ3) is 8.25. The average molecular weight is 355 g/mol. The minimum absolute atomic E-state index is 0.347. The summed E-state index contributed by atoms with van der Waals surface area (Å²) in [4.78, 5) is 12.0. The van der Waals surface area contributed by atoms with Gasteiger partial charge in [0, 0.05) is 4.83 Å². The first-order valence-electron chi connectivity index (χ1n) is 8.03. The molecule has 0 saturated carbocycles. The lowest BCUT2D eigenvalue weighted by Crippen LogP contribution is -2.11. The van der Waals surface area contributed by atoms with Crippen molar-refractivity contribution in [2.24, 2.45) is 0 Å². The van der Waals surface area contributed by atoms with Gasteiger partial charge in [-0.05, 0) is 18.4 Å². The van der Waals surface area contributed by atoms with E-state index in [-0.39, 0.29) is 5.92 Å². The molecular formula is C18H27BrO2. The molecule has 2 atom stereocenters. The van der Waals surface area contributed by atoms with Gasteiger partial charge >= 0.3 is 5.97 Å². The Labute approximate surface area is 137 Å². The van der Waals surface area contributed by atoms with Crippen molar-refractivity contribution in [3.8, 4) is 0 Å². The number of hydrogen-bond donors (Lipinski definition) is 1. The average Bonchev–Trinajstić information content (AvgIpc) is 2.46. The number of benzene rings is 1. The molecule has 0 aliphatic carbocycles. The van der Waals surface area contributed by atoms with E-state index in [1.807, 2.05) is 30.3 Å². The molecule has 1 rings (SSSR count). The fourth-order valence-corrected chi connectivity index (χ4v) is 2.92. The molecular weight excluding hydrogens is 328 g/mol. The topological polar surface area (TPSA) is 37.3 Å². The van der Waals surface area contributed by atoms with Gasteiger partial charge in [-0.25, -0.2) is 0 Å². The lowest BCUT2D eigenvalue weighted by atomic mass is 9.93. The van der Waals surface area contributed by atoms with Crippen LogP contribution in [0.2, 0.25) is 0 Å². The third-order valence-electron chi connectivity index (χ3n) is 3.84. The van der Waals surface area contributed by atoms with Crippen molar-refractivity contribution in [3.63, 3.8) is 0 Å². The summed E-state index contributed by atoms with van der Waals surface area (Å²) in [6.07, 6.45) is 9.19. The van der Waals surface area contributed by atoms with Crippen LogP contribution in [0.15, 0.2) is 30.3 Å². The summed E-state index contributed by atoms with van der Waals surface area (Å²) >= 11 is 3.56. The molecule has 0 amide bonds. The molecule has 1 N–H and O–H groups in total. The lowest BCUT2D eigenvalue weighted by Gasteiger charge is -2.12. The first-order chi connectivity index (χ1) is 10.1. The van der Waals surface area contributed by atoms with Gasteiger partial charge in [0.2, 0.25) is 0 Å². The van der Waals surface area contributed by atoms with E-state index in [0.29, 0.717) is 4.83 Å². The van der Waals surface area contributed by atoms with Gasteiger partial charge < -0.3 is 5.11 Å². The predicted molar refractivity (Wildman–Crippen MR) is 92.1 cm³/mol. The normalized spacial score (nSPS) is 13.8. The van der Waals surface area contributed by atoms with Crippen molar-refractivity contribution in [3.05, 3.63) is 35.9 Å². The van der Waals surface area contributed by atoms with Gasteiger partial charge in [0.25, 0.3) is 0 Å². The van der Waals surface area contributed by atoms with Crippen LogP contribution in [0.5, 0.6) is 0 Å². The largest absolute Gasteiger partial charge is 0.481 e. The van der Waals surface area contributed by atoms with Crippen LogP contribution in [0.25, 0.3) is 0 Å². The van der Waals surface area contributed by atoms with E-state index in [0.717, 1.165) is 24.8 Å². The van der Waals surface area contributed by atoms with Gasteiger partial charge in [-0.3, -0.25) is 4.79 Å². The molecule has 21 heavy (non-hydrogen) atoms. The summed E-state index contributed by atoms with van der Waals surface area (Å²) in [5.41, 5.74) is 0.927. The SMILES string of the molecule is CC(Br)CCCCCCCCC(C(=O)O)c1ccccc1. The number of carbonyl (C=O) groups is 1. The molecule has 0 aliphatic heterocycles. The Morgan fingerprint density at radius 1 is 1.00 bits per heavy atom. The molecule has 3 heteroatoms. The molecule has 0 bridgehead atoms. The number of rotatable bonds is 11. The molecule has 118 valence electrons. The van der Waals surface area contributed by atoms with Gasteiger partial charge in [0.15, 0.2) is 0 Å². The highest BCUT2D eigenvalue weighted by Crippen LogP contribution is 2.23. The fourth-order valence-electron chi connectivity index (χ4n) is 2.60. The Kier molecular flexibility index (Phi) is 9.40. The van der Waals surface area contributed by atoms with E-state index in [1.54, 1.807) is 0 Å². The molecule has 2 unspecified atom stereocenters.